The molecule has 130 valence electrons. The molecule has 1 aromatic rings. The van der Waals surface area contributed by atoms with Crippen molar-refractivity contribution in [1.82, 2.24) is 4.90 Å². The van der Waals surface area contributed by atoms with Crippen molar-refractivity contribution >= 4 is 17.5 Å². The van der Waals surface area contributed by atoms with E-state index in [1.54, 1.807) is 12.0 Å². The number of anilines is 1. The summed E-state index contributed by atoms with van der Waals surface area (Å²) in [6.45, 7) is 3.62. The van der Waals surface area contributed by atoms with Gasteiger partial charge in [-0.3, -0.25) is 9.59 Å². The maximum absolute atomic E-state index is 12.8. The molecule has 24 heavy (non-hydrogen) atoms. The molecular weight excluding hydrogens is 306 g/mol. The van der Waals surface area contributed by atoms with Gasteiger partial charge in [0.2, 0.25) is 11.8 Å². The molecule has 3 rings (SSSR count). The van der Waals surface area contributed by atoms with E-state index < -0.39 is 0 Å². The van der Waals surface area contributed by atoms with Gasteiger partial charge < -0.3 is 20.3 Å². The van der Waals surface area contributed by atoms with Crippen molar-refractivity contribution in [3.63, 3.8) is 0 Å². The van der Waals surface area contributed by atoms with Crippen LogP contribution in [0.3, 0.4) is 0 Å². The first kappa shape index (κ1) is 16.8. The lowest BCUT2D eigenvalue weighted by Crippen LogP contribution is -2.43. The molecule has 6 nitrogen and oxygen atoms in total. The highest BCUT2D eigenvalue weighted by Crippen LogP contribution is 2.35. The highest BCUT2D eigenvalue weighted by molar-refractivity contribution is 6.01. The largest absolute Gasteiger partial charge is 0.495 e. The molecule has 6 heteroatoms. The van der Waals surface area contributed by atoms with Gasteiger partial charge in [0.15, 0.2) is 0 Å². The van der Waals surface area contributed by atoms with Gasteiger partial charge in [0.25, 0.3) is 0 Å². The van der Waals surface area contributed by atoms with E-state index in [-0.39, 0.29) is 30.2 Å². The molecule has 0 saturated carbocycles. The van der Waals surface area contributed by atoms with Crippen LogP contribution in [0.2, 0.25) is 0 Å². The van der Waals surface area contributed by atoms with Crippen LogP contribution >= 0.6 is 0 Å². The summed E-state index contributed by atoms with van der Waals surface area (Å²) in [4.78, 5) is 28.9. The fraction of sp³-hybridized carbons (Fsp3) is 0.556. The Labute approximate surface area is 142 Å². The molecule has 2 aliphatic rings. The molecule has 0 radical (unpaired) electrons. The van der Waals surface area contributed by atoms with E-state index in [1.807, 2.05) is 30.0 Å². The molecule has 0 aromatic heterocycles. The van der Waals surface area contributed by atoms with E-state index in [9.17, 15) is 9.59 Å². The van der Waals surface area contributed by atoms with Crippen LogP contribution in [0.15, 0.2) is 18.2 Å². The molecule has 0 bridgehead atoms. The van der Waals surface area contributed by atoms with Crippen LogP contribution in [0.4, 0.5) is 5.69 Å². The number of hydrogen-bond donors (Lipinski definition) is 1. The molecule has 2 amide bonds. The number of ether oxygens (including phenoxy) is 1. The number of methoxy groups -OCH3 is 1. The zero-order chi connectivity index (χ0) is 17.3. The zero-order valence-electron chi connectivity index (χ0n) is 14.3. The fourth-order valence-corrected chi connectivity index (χ4v) is 3.72. The van der Waals surface area contributed by atoms with Crippen LogP contribution in [0, 0.1) is 12.8 Å². The zero-order valence-corrected chi connectivity index (χ0v) is 14.3. The summed E-state index contributed by atoms with van der Waals surface area (Å²) < 4.78 is 5.39. The van der Waals surface area contributed by atoms with Crippen LogP contribution in [-0.4, -0.2) is 49.5 Å². The summed E-state index contributed by atoms with van der Waals surface area (Å²) in [5.41, 5.74) is 7.57. The van der Waals surface area contributed by atoms with Crippen LogP contribution < -0.4 is 15.4 Å². The minimum atomic E-state index is -0.296. The number of carbonyl (C=O) groups is 2. The van der Waals surface area contributed by atoms with Crippen molar-refractivity contribution in [3.8, 4) is 5.75 Å². The third-order valence-corrected chi connectivity index (χ3v) is 5.03. The highest BCUT2D eigenvalue weighted by atomic mass is 16.5. The molecule has 2 atom stereocenters. The number of benzene rings is 1. The lowest BCUT2D eigenvalue weighted by atomic mass is 10.1. The summed E-state index contributed by atoms with van der Waals surface area (Å²) in [7, 11) is 1.59. The first-order valence-electron chi connectivity index (χ1n) is 8.50. The summed E-state index contributed by atoms with van der Waals surface area (Å²) in [5, 5.41) is 0. The molecule has 0 spiro atoms. The number of hydrogen-bond acceptors (Lipinski definition) is 4. The predicted octanol–water partition coefficient (Wildman–Crippen LogP) is 1.31. The number of nitrogens with zero attached hydrogens (tertiary/aromatic N) is 2. The average molecular weight is 331 g/mol. The molecule has 2 aliphatic heterocycles. The number of carbonyl (C=O) groups excluding carboxylic acids is 2. The minimum absolute atomic E-state index is 0.0271. The lowest BCUT2D eigenvalue weighted by Gasteiger charge is -2.26. The monoisotopic (exact) mass is 331 g/mol. The number of likely N-dealkylation sites (tertiary alicyclic amines) is 1. The average Bonchev–Trinajstić information content (AvgIpc) is 3.20. The van der Waals surface area contributed by atoms with Gasteiger partial charge >= 0.3 is 0 Å². The summed E-state index contributed by atoms with van der Waals surface area (Å²) in [5.74, 6) is 0.393. The summed E-state index contributed by atoms with van der Waals surface area (Å²) >= 11 is 0. The molecule has 1 aromatic carbocycles. The van der Waals surface area contributed by atoms with E-state index in [0.29, 0.717) is 18.8 Å². The van der Waals surface area contributed by atoms with E-state index >= 15 is 0 Å². The Kier molecular flexibility index (Phi) is 4.76. The second-order valence-corrected chi connectivity index (χ2v) is 6.64. The van der Waals surface area contributed by atoms with Gasteiger partial charge in [-0.2, -0.15) is 0 Å². The van der Waals surface area contributed by atoms with Crippen molar-refractivity contribution in [2.45, 2.75) is 32.2 Å². The van der Waals surface area contributed by atoms with Crippen molar-refractivity contribution in [3.05, 3.63) is 23.8 Å². The molecule has 2 saturated heterocycles. The maximum Gasteiger partial charge on any atom is 0.228 e. The summed E-state index contributed by atoms with van der Waals surface area (Å²) in [6.07, 6.45) is 2.20. The van der Waals surface area contributed by atoms with Crippen LogP contribution in [0.1, 0.15) is 24.8 Å². The van der Waals surface area contributed by atoms with Gasteiger partial charge in [0.1, 0.15) is 5.75 Å². The quantitative estimate of drug-likeness (QED) is 0.902. The van der Waals surface area contributed by atoms with E-state index in [2.05, 4.69) is 0 Å². The Morgan fingerprint density at radius 1 is 1.42 bits per heavy atom. The van der Waals surface area contributed by atoms with Gasteiger partial charge in [-0.25, -0.2) is 0 Å². The second-order valence-electron chi connectivity index (χ2n) is 6.64. The second kappa shape index (κ2) is 6.81. The van der Waals surface area contributed by atoms with Crippen molar-refractivity contribution in [2.24, 2.45) is 11.7 Å². The Balaban J connectivity index is 1.79. The SMILES string of the molecule is COc1ccc(C)cc1N1CC(C(=O)N2CCCC2CN)CC1=O. The molecule has 2 fully saturated rings. The van der Waals surface area contributed by atoms with Gasteiger partial charge in [0.05, 0.1) is 18.7 Å². The number of aryl methyl sites for hydroxylation is 1. The van der Waals surface area contributed by atoms with Gasteiger partial charge in [-0.15, -0.1) is 0 Å². The summed E-state index contributed by atoms with van der Waals surface area (Å²) in [6, 6.07) is 5.86. The van der Waals surface area contributed by atoms with E-state index in [1.165, 1.54) is 0 Å². The van der Waals surface area contributed by atoms with Crippen molar-refractivity contribution in [2.75, 3.05) is 31.6 Å². The standard InChI is InChI=1S/C18H25N3O3/c1-12-5-6-16(24-2)15(8-12)21-11-13(9-17(21)22)18(23)20-7-3-4-14(20)10-19/h5-6,8,13-14H,3-4,7,9-11,19H2,1-2H3. The number of rotatable bonds is 4. The minimum Gasteiger partial charge on any atom is -0.495 e. The van der Waals surface area contributed by atoms with Gasteiger partial charge in [0, 0.05) is 32.1 Å². The van der Waals surface area contributed by atoms with Crippen LogP contribution in [-0.2, 0) is 9.59 Å². The highest BCUT2D eigenvalue weighted by Gasteiger charge is 2.40. The molecule has 2 heterocycles. The van der Waals surface area contributed by atoms with E-state index in [0.717, 1.165) is 30.6 Å². The predicted molar refractivity (Wildman–Crippen MR) is 92.0 cm³/mol. The first-order chi connectivity index (χ1) is 11.5. The van der Waals surface area contributed by atoms with Gasteiger partial charge in [-0.05, 0) is 37.5 Å². The molecule has 2 unspecified atom stereocenters. The molecule has 2 N–H and O–H groups in total. The Morgan fingerprint density at radius 3 is 2.92 bits per heavy atom. The smallest absolute Gasteiger partial charge is 0.228 e. The third kappa shape index (κ3) is 2.98. The molecule has 0 aliphatic carbocycles. The van der Waals surface area contributed by atoms with Crippen molar-refractivity contribution < 1.29 is 14.3 Å². The van der Waals surface area contributed by atoms with Crippen molar-refractivity contribution in [1.29, 1.82) is 0 Å². The maximum atomic E-state index is 12.8. The van der Waals surface area contributed by atoms with Gasteiger partial charge in [-0.1, -0.05) is 6.07 Å². The van der Waals surface area contributed by atoms with E-state index in [4.69, 9.17) is 10.5 Å². The topological polar surface area (TPSA) is 75.9 Å². The lowest BCUT2D eigenvalue weighted by molar-refractivity contribution is -0.136. The first-order valence-corrected chi connectivity index (χ1v) is 8.50. The van der Waals surface area contributed by atoms with Crippen LogP contribution in [0.25, 0.3) is 0 Å². The normalized spacial score (nSPS) is 23.9. The Morgan fingerprint density at radius 2 is 2.21 bits per heavy atom. The number of nitrogens with two attached hydrogens (primary N) is 1. The third-order valence-electron chi connectivity index (χ3n) is 5.03. The fourth-order valence-electron chi connectivity index (χ4n) is 3.72. The van der Waals surface area contributed by atoms with Crippen LogP contribution in [0.5, 0.6) is 5.75 Å². The number of amides is 2. The molecular formula is C18H25N3O3. The Hall–Kier alpha value is -2.08. The Bertz CT molecular complexity index is 646.